The van der Waals surface area contributed by atoms with Crippen molar-refractivity contribution in [2.45, 2.75) is 61.7 Å². The summed E-state index contributed by atoms with van der Waals surface area (Å²) in [5.74, 6) is -2.26. The summed E-state index contributed by atoms with van der Waals surface area (Å²) in [6, 6.07) is 8.71. The third-order valence-corrected chi connectivity index (χ3v) is 7.92. The molecule has 9 heteroatoms. The molecule has 3 unspecified atom stereocenters. The number of halogens is 1. The van der Waals surface area contributed by atoms with Gasteiger partial charge < -0.3 is 25.4 Å². The summed E-state index contributed by atoms with van der Waals surface area (Å²) in [5.41, 5.74) is -0.113. The molecule has 3 N–H and O–H groups in total. The number of unbranched alkanes of at least 4 members (excludes halogenated alkanes) is 2. The molecule has 0 aromatic heterocycles. The van der Waals surface area contributed by atoms with E-state index in [4.69, 9.17) is 4.74 Å². The molecule has 8 nitrogen and oxygen atoms in total. The predicted octanol–water partition coefficient (Wildman–Crippen LogP) is 1.35. The van der Waals surface area contributed by atoms with Gasteiger partial charge in [0, 0.05) is 24.5 Å². The van der Waals surface area contributed by atoms with Gasteiger partial charge in [-0.15, -0.1) is 0 Å². The zero-order valence-electron chi connectivity index (χ0n) is 18.8. The molecule has 1 spiro atoms. The first-order chi connectivity index (χ1) is 15.9. The number of hydrogen-bond acceptors (Lipinski definition) is 5. The number of ether oxygens (including phenoxy) is 1. The van der Waals surface area contributed by atoms with Gasteiger partial charge in [-0.25, -0.2) is 0 Å². The molecule has 3 saturated heterocycles. The largest absolute Gasteiger partial charge is 0.395 e. The second-order valence-corrected chi connectivity index (χ2v) is 10.3. The minimum Gasteiger partial charge on any atom is -0.395 e. The van der Waals surface area contributed by atoms with Crippen LogP contribution < -0.4 is 10.6 Å². The van der Waals surface area contributed by atoms with E-state index in [1.807, 2.05) is 30.3 Å². The molecule has 3 aliphatic heterocycles. The number of aliphatic hydroxyl groups is 1. The van der Waals surface area contributed by atoms with Crippen LogP contribution in [-0.4, -0.2) is 70.0 Å². The average molecular weight is 522 g/mol. The highest BCUT2D eigenvalue weighted by atomic mass is 79.9. The van der Waals surface area contributed by atoms with Crippen molar-refractivity contribution in [3.8, 4) is 0 Å². The molecule has 0 radical (unpaired) electrons. The van der Waals surface area contributed by atoms with E-state index in [1.54, 1.807) is 0 Å². The Morgan fingerprint density at radius 2 is 1.97 bits per heavy atom. The normalized spacial score (nSPS) is 32.2. The highest BCUT2D eigenvalue weighted by Gasteiger charge is 2.76. The fourth-order valence-electron chi connectivity index (χ4n) is 5.66. The lowest BCUT2D eigenvalue weighted by Gasteiger charge is -2.34. The van der Waals surface area contributed by atoms with Gasteiger partial charge in [-0.3, -0.25) is 14.4 Å². The zero-order chi connectivity index (χ0) is 23.6. The lowest BCUT2D eigenvalue weighted by atomic mass is 9.70. The Balaban J connectivity index is 1.56. The van der Waals surface area contributed by atoms with Crippen LogP contribution in [0.1, 0.15) is 38.2 Å². The minimum absolute atomic E-state index is 0.0312. The Kier molecular flexibility index (Phi) is 7.40. The van der Waals surface area contributed by atoms with Crippen LogP contribution in [0.4, 0.5) is 0 Å². The minimum atomic E-state index is -1.07. The molecule has 0 saturated carbocycles. The molecule has 1 aromatic rings. The number of amides is 3. The molecule has 3 heterocycles. The Morgan fingerprint density at radius 3 is 2.67 bits per heavy atom. The molecule has 3 aliphatic rings. The third kappa shape index (κ3) is 4.31. The number of fused-ring (bicyclic) bond motifs is 1. The number of carbonyl (C=O) groups is 3. The second-order valence-electron chi connectivity index (χ2n) is 9.12. The van der Waals surface area contributed by atoms with E-state index in [-0.39, 0.29) is 35.7 Å². The molecular formula is C24H32BrN3O5. The van der Waals surface area contributed by atoms with Crippen molar-refractivity contribution in [3.05, 3.63) is 35.9 Å². The topological polar surface area (TPSA) is 108 Å². The molecule has 33 heavy (non-hydrogen) atoms. The Hall–Kier alpha value is -1.97. The van der Waals surface area contributed by atoms with Crippen molar-refractivity contribution in [2.75, 3.05) is 19.7 Å². The summed E-state index contributed by atoms with van der Waals surface area (Å²) in [4.78, 5) is 41.4. The maximum absolute atomic E-state index is 13.5. The van der Waals surface area contributed by atoms with Gasteiger partial charge in [0.25, 0.3) is 0 Å². The van der Waals surface area contributed by atoms with Gasteiger partial charge in [0.1, 0.15) is 11.6 Å². The van der Waals surface area contributed by atoms with E-state index in [0.29, 0.717) is 19.5 Å². The quantitative estimate of drug-likeness (QED) is 0.318. The van der Waals surface area contributed by atoms with Crippen LogP contribution in [0.25, 0.3) is 0 Å². The first-order valence-electron chi connectivity index (χ1n) is 11.8. The van der Waals surface area contributed by atoms with Crippen molar-refractivity contribution >= 4 is 33.7 Å². The van der Waals surface area contributed by atoms with E-state index < -0.39 is 29.6 Å². The Morgan fingerprint density at radius 1 is 1.21 bits per heavy atom. The molecular weight excluding hydrogens is 490 g/mol. The summed E-state index contributed by atoms with van der Waals surface area (Å²) >= 11 is 3.64. The molecule has 3 fully saturated rings. The van der Waals surface area contributed by atoms with Crippen LogP contribution in [0, 0.1) is 11.8 Å². The van der Waals surface area contributed by atoms with Crippen molar-refractivity contribution < 1.29 is 24.2 Å². The van der Waals surface area contributed by atoms with Crippen molar-refractivity contribution in [2.24, 2.45) is 11.8 Å². The molecule has 4 rings (SSSR count). The van der Waals surface area contributed by atoms with E-state index >= 15 is 0 Å². The first kappa shape index (κ1) is 24.2. The van der Waals surface area contributed by atoms with Gasteiger partial charge in [-0.2, -0.15) is 0 Å². The second kappa shape index (κ2) is 10.1. The van der Waals surface area contributed by atoms with Gasteiger partial charge in [-0.1, -0.05) is 66.0 Å². The molecule has 1 aromatic carbocycles. The Labute approximate surface area is 202 Å². The fourth-order valence-corrected chi connectivity index (χ4v) is 6.61. The molecule has 180 valence electrons. The highest BCUT2D eigenvalue weighted by molar-refractivity contribution is 9.09. The summed E-state index contributed by atoms with van der Waals surface area (Å²) < 4.78 is 6.38. The number of aliphatic hydroxyl groups excluding tert-OH is 1. The van der Waals surface area contributed by atoms with Gasteiger partial charge >= 0.3 is 0 Å². The van der Waals surface area contributed by atoms with E-state index in [0.717, 1.165) is 24.8 Å². The fraction of sp³-hybridized carbons (Fsp3) is 0.625. The summed E-state index contributed by atoms with van der Waals surface area (Å²) in [5, 5.41) is 15.5. The standard InChI is InChI=1S/C24H32BrN3O5/c1-2-3-7-10-26-22(31)20-24-13-16(25)19(33-24)17(18(24)23(32)28(20)11-12-29)21(30)27-14-15-8-5-4-6-9-15/h4-6,8-9,16-20,29H,2-3,7,10-14H2,1H3,(H,26,31)(H,27,30)/t16?,17-,18+,19-,20?,24?/m1/s1. The van der Waals surface area contributed by atoms with Gasteiger partial charge in [0.15, 0.2) is 0 Å². The van der Waals surface area contributed by atoms with Gasteiger partial charge in [0.05, 0.1) is 24.5 Å². The smallest absolute Gasteiger partial charge is 0.245 e. The Bertz CT molecular complexity index is 884. The molecule has 2 bridgehead atoms. The molecule has 6 atom stereocenters. The maximum Gasteiger partial charge on any atom is 0.245 e. The lowest BCUT2D eigenvalue weighted by molar-refractivity contribution is -0.142. The summed E-state index contributed by atoms with van der Waals surface area (Å²) in [6.07, 6.45) is 2.88. The predicted molar refractivity (Wildman–Crippen MR) is 125 cm³/mol. The number of β-amino-alcohol motifs (C(OH)–C–C–N with tert-alkyl or cyclic N) is 1. The van der Waals surface area contributed by atoms with Gasteiger partial charge in [0.2, 0.25) is 17.7 Å². The summed E-state index contributed by atoms with van der Waals surface area (Å²) in [6.45, 7) is 2.73. The van der Waals surface area contributed by atoms with E-state index in [1.165, 1.54) is 4.90 Å². The van der Waals surface area contributed by atoms with Crippen LogP contribution >= 0.6 is 15.9 Å². The highest BCUT2D eigenvalue weighted by Crippen LogP contribution is 2.59. The van der Waals surface area contributed by atoms with Crippen molar-refractivity contribution in [1.82, 2.24) is 15.5 Å². The maximum atomic E-state index is 13.5. The SMILES string of the molecule is CCCCCNC(=O)C1N(CCO)C(=O)[C@@H]2[C@@H](C(=O)NCc3ccccc3)[C@@H]3OC12CC3Br. The van der Waals surface area contributed by atoms with E-state index in [9.17, 15) is 19.5 Å². The van der Waals surface area contributed by atoms with Crippen LogP contribution in [0.2, 0.25) is 0 Å². The molecule has 3 amide bonds. The van der Waals surface area contributed by atoms with Crippen molar-refractivity contribution in [3.63, 3.8) is 0 Å². The number of rotatable bonds is 10. The lowest BCUT2D eigenvalue weighted by Crippen LogP contribution is -2.56. The average Bonchev–Trinajstić information content (AvgIpc) is 3.40. The van der Waals surface area contributed by atoms with E-state index in [2.05, 4.69) is 33.5 Å². The number of nitrogens with one attached hydrogen (secondary N) is 2. The summed E-state index contributed by atoms with van der Waals surface area (Å²) in [7, 11) is 0. The number of nitrogens with zero attached hydrogens (tertiary/aromatic N) is 1. The monoisotopic (exact) mass is 521 g/mol. The van der Waals surface area contributed by atoms with Gasteiger partial charge in [-0.05, 0) is 18.4 Å². The van der Waals surface area contributed by atoms with Crippen LogP contribution in [0.3, 0.4) is 0 Å². The third-order valence-electron chi connectivity index (χ3n) is 7.07. The zero-order valence-corrected chi connectivity index (χ0v) is 20.4. The number of benzene rings is 1. The number of carbonyl (C=O) groups excluding carboxylic acids is 3. The van der Waals surface area contributed by atoms with Crippen molar-refractivity contribution in [1.29, 1.82) is 0 Å². The number of alkyl halides is 1. The van der Waals surface area contributed by atoms with Crippen LogP contribution in [-0.2, 0) is 25.7 Å². The van der Waals surface area contributed by atoms with Crippen LogP contribution in [0.15, 0.2) is 30.3 Å². The van der Waals surface area contributed by atoms with Crippen LogP contribution in [0.5, 0.6) is 0 Å². The first-order valence-corrected chi connectivity index (χ1v) is 12.7. The number of hydrogen-bond donors (Lipinski definition) is 3. The molecule has 0 aliphatic carbocycles. The number of likely N-dealkylation sites (tertiary alicyclic amines) is 1.